The average Bonchev–Trinajstić information content (AvgIpc) is 2.18. The van der Waals surface area contributed by atoms with Crippen molar-refractivity contribution in [3.05, 3.63) is 12.2 Å². The van der Waals surface area contributed by atoms with Crippen LogP contribution in [0.1, 0.15) is 39.5 Å². The van der Waals surface area contributed by atoms with E-state index in [9.17, 15) is 4.79 Å². The largest absolute Gasteiger partial charge is 0.461 e. The van der Waals surface area contributed by atoms with Gasteiger partial charge in [-0.3, -0.25) is 4.79 Å². The van der Waals surface area contributed by atoms with Gasteiger partial charge in [0.25, 0.3) is 0 Å². The molecule has 2 nitrogen and oxygen atoms in total. The summed E-state index contributed by atoms with van der Waals surface area (Å²) in [7, 11) is 0. The molecule has 0 heterocycles. The first-order valence-corrected chi connectivity index (χ1v) is 5.53. The van der Waals surface area contributed by atoms with Crippen LogP contribution in [-0.4, -0.2) is 12.6 Å². The summed E-state index contributed by atoms with van der Waals surface area (Å²) in [6.45, 7) is 4.51. The minimum absolute atomic E-state index is 0.00435. The Morgan fingerprint density at radius 3 is 2.79 bits per heavy atom. The predicted octanol–water partition coefficient (Wildman–Crippen LogP) is 2.93. The van der Waals surface area contributed by atoms with Crippen LogP contribution in [0.5, 0.6) is 0 Å². The molecule has 2 heteroatoms. The number of rotatable bonds is 3. The van der Waals surface area contributed by atoms with Gasteiger partial charge in [-0.25, -0.2) is 0 Å². The van der Waals surface area contributed by atoms with Crippen molar-refractivity contribution in [3.8, 4) is 0 Å². The maximum atomic E-state index is 11.6. The SMILES string of the molecule is CC=CCOC(=O)C1CCCCC1C. The molecule has 0 aromatic heterocycles. The Labute approximate surface area is 86.3 Å². The number of esters is 1. The third kappa shape index (κ3) is 3.17. The molecule has 0 N–H and O–H groups in total. The van der Waals surface area contributed by atoms with Crippen molar-refractivity contribution in [1.82, 2.24) is 0 Å². The number of allylic oxidation sites excluding steroid dienone is 1. The third-order valence-corrected chi connectivity index (χ3v) is 2.97. The van der Waals surface area contributed by atoms with Crippen molar-refractivity contribution in [2.45, 2.75) is 39.5 Å². The summed E-state index contributed by atoms with van der Waals surface area (Å²) in [5.41, 5.74) is 0. The number of carbonyl (C=O) groups is 1. The van der Waals surface area contributed by atoms with Gasteiger partial charge in [0, 0.05) is 0 Å². The Morgan fingerprint density at radius 1 is 1.43 bits per heavy atom. The molecule has 0 radical (unpaired) electrons. The predicted molar refractivity (Wildman–Crippen MR) is 56.9 cm³/mol. The monoisotopic (exact) mass is 196 g/mol. The van der Waals surface area contributed by atoms with Gasteiger partial charge in [0.05, 0.1) is 5.92 Å². The molecule has 1 aliphatic carbocycles. The summed E-state index contributed by atoms with van der Waals surface area (Å²) in [6.07, 6.45) is 8.38. The van der Waals surface area contributed by atoms with Crippen LogP contribution in [0, 0.1) is 11.8 Å². The second-order valence-electron chi connectivity index (χ2n) is 4.07. The third-order valence-electron chi connectivity index (χ3n) is 2.97. The summed E-state index contributed by atoms with van der Waals surface area (Å²) in [6, 6.07) is 0. The number of hydrogen-bond donors (Lipinski definition) is 0. The van der Waals surface area contributed by atoms with Crippen LogP contribution >= 0.6 is 0 Å². The van der Waals surface area contributed by atoms with E-state index in [2.05, 4.69) is 6.92 Å². The summed E-state index contributed by atoms with van der Waals surface area (Å²) >= 11 is 0. The summed E-state index contributed by atoms with van der Waals surface area (Å²) in [4.78, 5) is 11.6. The average molecular weight is 196 g/mol. The standard InChI is InChI=1S/C12H20O2/c1-3-4-9-14-12(13)11-8-6-5-7-10(11)2/h3-4,10-11H,5-9H2,1-2H3. The summed E-state index contributed by atoms with van der Waals surface area (Å²) in [5, 5.41) is 0. The molecule has 1 saturated carbocycles. The lowest BCUT2D eigenvalue weighted by atomic mass is 9.80. The minimum Gasteiger partial charge on any atom is -0.461 e. The quantitative estimate of drug-likeness (QED) is 0.512. The van der Waals surface area contributed by atoms with Crippen molar-refractivity contribution >= 4 is 5.97 Å². The van der Waals surface area contributed by atoms with Crippen molar-refractivity contribution in [3.63, 3.8) is 0 Å². The lowest BCUT2D eigenvalue weighted by Gasteiger charge is -2.26. The number of carbonyl (C=O) groups excluding carboxylic acids is 1. The molecule has 0 spiro atoms. The zero-order chi connectivity index (χ0) is 10.4. The van der Waals surface area contributed by atoms with E-state index in [1.165, 1.54) is 19.3 Å². The smallest absolute Gasteiger partial charge is 0.309 e. The summed E-state index contributed by atoms with van der Waals surface area (Å²) in [5.74, 6) is 0.645. The van der Waals surface area contributed by atoms with Gasteiger partial charge in [0.2, 0.25) is 0 Å². The Hall–Kier alpha value is -0.790. The van der Waals surface area contributed by atoms with E-state index in [4.69, 9.17) is 4.74 Å². The van der Waals surface area contributed by atoms with Gasteiger partial charge in [-0.05, 0) is 25.7 Å². The maximum absolute atomic E-state index is 11.6. The zero-order valence-electron chi connectivity index (χ0n) is 9.16. The highest BCUT2D eigenvalue weighted by Crippen LogP contribution is 2.30. The van der Waals surface area contributed by atoms with E-state index in [0.717, 1.165) is 6.42 Å². The first-order chi connectivity index (χ1) is 6.75. The van der Waals surface area contributed by atoms with E-state index in [-0.39, 0.29) is 11.9 Å². The lowest BCUT2D eigenvalue weighted by molar-refractivity contribution is -0.150. The number of hydrogen-bond acceptors (Lipinski definition) is 2. The minimum atomic E-state index is -0.00435. The van der Waals surface area contributed by atoms with Crippen molar-refractivity contribution in [2.24, 2.45) is 11.8 Å². The highest BCUT2D eigenvalue weighted by molar-refractivity contribution is 5.72. The molecule has 1 fully saturated rings. The van der Waals surface area contributed by atoms with E-state index in [0.29, 0.717) is 12.5 Å². The molecule has 0 saturated heterocycles. The fraction of sp³-hybridized carbons (Fsp3) is 0.750. The van der Waals surface area contributed by atoms with E-state index < -0.39 is 0 Å². The van der Waals surface area contributed by atoms with Crippen LogP contribution in [0.4, 0.5) is 0 Å². The van der Waals surface area contributed by atoms with Gasteiger partial charge >= 0.3 is 5.97 Å². The van der Waals surface area contributed by atoms with Crippen LogP contribution in [0.15, 0.2) is 12.2 Å². The van der Waals surface area contributed by atoms with E-state index in [1.54, 1.807) is 0 Å². The maximum Gasteiger partial charge on any atom is 0.309 e. The Morgan fingerprint density at radius 2 is 2.14 bits per heavy atom. The Kier molecular flexibility index (Phi) is 4.71. The fourth-order valence-electron chi connectivity index (χ4n) is 2.00. The molecule has 2 atom stereocenters. The van der Waals surface area contributed by atoms with E-state index >= 15 is 0 Å². The molecule has 2 unspecified atom stereocenters. The normalized spacial score (nSPS) is 27.9. The fourth-order valence-corrected chi connectivity index (χ4v) is 2.00. The van der Waals surface area contributed by atoms with Crippen LogP contribution in [0.3, 0.4) is 0 Å². The second kappa shape index (κ2) is 5.84. The topological polar surface area (TPSA) is 26.3 Å². The van der Waals surface area contributed by atoms with Crippen LogP contribution in [0.25, 0.3) is 0 Å². The number of ether oxygens (including phenoxy) is 1. The lowest BCUT2D eigenvalue weighted by Crippen LogP contribution is -2.27. The molecule has 0 bridgehead atoms. The highest BCUT2D eigenvalue weighted by Gasteiger charge is 2.28. The van der Waals surface area contributed by atoms with Gasteiger partial charge in [0.15, 0.2) is 0 Å². The van der Waals surface area contributed by atoms with Gasteiger partial charge in [0.1, 0.15) is 6.61 Å². The van der Waals surface area contributed by atoms with Crippen molar-refractivity contribution in [2.75, 3.05) is 6.61 Å². The van der Waals surface area contributed by atoms with Gasteiger partial charge < -0.3 is 4.74 Å². The molecule has 0 aliphatic heterocycles. The molecule has 80 valence electrons. The van der Waals surface area contributed by atoms with Gasteiger partial charge in [-0.2, -0.15) is 0 Å². The van der Waals surface area contributed by atoms with Crippen molar-refractivity contribution < 1.29 is 9.53 Å². The van der Waals surface area contributed by atoms with Crippen LogP contribution < -0.4 is 0 Å². The van der Waals surface area contributed by atoms with Crippen molar-refractivity contribution in [1.29, 1.82) is 0 Å². The summed E-state index contributed by atoms with van der Waals surface area (Å²) < 4.78 is 5.17. The molecule has 0 aromatic carbocycles. The zero-order valence-corrected chi connectivity index (χ0v) is 9.16. The molecule has 14 heavy (non-hydrogen) atoms. The molecule has 0 aromatic rings. The Balaban J connectivity index is 2.34. The molecule has 0 amide bonds. The molecule has 1 aliphatic rings. The first-order valence-electron chi connectivity index (χ1n) is 5.53. The molecule has 1 rings (SSSR count). The second-order valence-corrected chi connectivity index (χ2v) is 4.07. The molecular formula is C12H20O2. The highest BCUT2D eigenvalue weighted by atomic mass is 16.5. The Bertz CT molecular complexity index is 208. The van der Waals surface area contributed by atoms with Gasteiger partial charge in [-0.15, -0.1) is 0 Å². The van der Waals surface area contributed by atoms with E-state index in [1.807, 2.05) is 19.1 Å². The first kappa shape index (κ1) is 11.3. The van der Waals surface area contributed by atoms with Crippen LogP contribution in [-0.2, 0) is 9.53 Å². The van der Waals surface area contributed by atoms with Gasteiger partial charge in [-0.1, -0.05) is 31.9 Å². The van der Waals surface area contributed by atoms with Crippen LogP contribution in [0.2, 0.25) is 0 Å². The molecular weight excluding hydrogens is 176 g/mol.